The molecule has 0 bridgehead atoms. The summed E-state index contributed by atoms with van der Waals surface area (Å²) in [5, 5.41) is 1.28. The molecule has 1 aliphatic rings. The molecule has 0 aromatic carbocycles. The lowest BCUT2D eigenvalue weighted by molar-refractivity contribution is 0.640. The van der Waals surface area contributed by atoms with E-state index >= 15 is 0 Å². The average molecular weight is 228 g/mol. The lowest BCUT2D eigenvalue weighted by Crippen LogP contribution is -2.11. The Hall–Kier alpha value is -0.0600. The van der Waals surface area contributed by atoms with Crippen LogP contribution in [0.1, 0.15) is 35.3 Å². The summed E-state index contributed by atoms with van der Waals surface area (Å²) in [4.78, 5) is 5.90. The Morgan fingerprint density at radius 2 is 2.36 bits per heavy atom. The van der Waals surface area contributed by atoms with E-state index in [1.54, 1.807) is 11.3 Å². The minimum atomic E-state index is 0.267. The normalized spacial score (nSPS) is 27.1. The van der Waals surface area contributed by atoms with Crippen LogP contribution in [0.25, 0.3) is 0 Å². The first-order valence-electron chi connectivity index (χ1n) is 4.96. The number of nitrogens with two attached hydrogens (primary N) is 1. The molecule has 0 saturated carbocycles. The third kappa shape index (κ3) is 1.71. The predicted molar refractivity (Wildman–Crippen MR) is 63.8 cm³/mol. The molecule has 2 rings (SSSR count). The first-order valence-corrected chi connectivity index (χ1v) is 6.77. The predicted octanol–water partition coefficient (Wildman–Crippen LogP) is 2.65. The van der Waals surface area contributed by atoms with Gasteiger partial charge >= 0.3 is 0 Å². The summed E-state index contributed by atoms with van der Waals surface area (Å²) in [5.74, 6) is 1.27. The summed E-state index contributed by atoms with van der Waals surface area (Å²) in [7, 11) is 0. The van der Waals surface area contributed by atoms with Gasteiger partial charge in [-0.3, -0.25) is 0 Å². The molecule has 1 unspecified atom stereocenters. The number of thioether (sulfide) groups is 1. The summed E-state index contributed by atoms with van der Waals surface area (Å²) < 4.78 is 0.267. The summed E-state index contributed by atoms with van der Waals surface area (Å²) in [6.45, 7) is 5.00. The molecule has 1 aromatic heterocycles. The molecule has 0 spiro atoms. The van der Waals surface area contributed by atoms with Gasteiger partial charge in [0.05, 0.1) is 10.4 Å². The minimum Gasteiger partial charge on any atom is -0.326 e. The number of aryl methyl sites for hydroxylation is 1. The Bertz CT molecular complexity index is 327. The van der Waals surface area contributed by atoms with E-state index in [0.29, 0.717) is 6.54 Å². The van der Waals surface area contributed by atoms with E-state index < -0.39 is 0 Å². The van der Waals surface area contributed by atoms with E-state index in [0.717, 1.165) is 5.69 Å². The van der Waals surface area contributed by atoms with Crippen molar-refractivity contribution >= 4 is 23.1 Å². The highest BCUT2D eigenvalue weighted by atomic mass is 32.2. The number of nitrogens with zero attached hydrogens (tertiary/aromatic N) is 1. The van der Waals surface area contributed by atoms with Crippen molar-refractivity contribution in [2.75, 3.05) is 5.75 Å². The Morgan fingerprint density at radius 1 is 1.57 bits per heavy atom. The second-order valence-corrected chi connectivity index (χ2v) is 6.60. The molecule has 78 valence electrons. The zero-order valence-electron chi connectivity index (χ0n) is 8.67. The van der Waals surface area contributed by atoms with Crippen LogP contribution in [0.15, 0.2) is 0 Å². The van der Waals surface area contributed by atoms with Crippen molar-refractivity contribution in [3.63, 3.8) is 0 Å². The summed E-state index contributed by atoms with van der Waals surface area (Å²) in [5.41, 5.74) is 6.80. The second-order valence-electron chi connectivity index (χ2n) is 3.91. The fourth-order valence-corrected chi connectivity index (χ4v) is 4.30. The summed E-state index contributed by atoms with van der Waals surface area (Å²) in [6.07, 6.45) is 2.58. The van der Waals surface area contributed by atoms with Gasteiger partial charge in [0.15, 0.2) is 0 Å². The minimum absolute atomic E-state index is 0.267. The van der Waals surface area contributed by atoms with E-state index in [1.807, 2.05) is 11.8 Å². The molecule has 2 nitrogen and oxygen atoms in total. The Labute approximate surface area is 93.3 Å². The standard InChI is InChI=1S/C10H16N2S2/c1-7-8(6-11)14-9(12-7)10(2)4-3-5-13-10/h3-6,11H2,1-2H3. The Kier molecular flexibility index (Phi) is 2.86. The van der Waals surface area contributed by atoms with Gasteiger partial charge in [-0.25, -0.2) is 4.98 Å². The molecule has 1 atom stereocenters. The first-order chi connectivity index (χ1) is 6.65. The van der Waals surface area contributed by atoms with Crippen LogP contribution in [0.5, 0.6) is 0 Å². The molecular formula is C10H16N2S2. The molecule has 0 aliphatic carbocycles. The van der Waals surface area contributed by atoms with E-state index in [9.17, 15) is 0 Å². The smallest absolute Gasteiger partial charge is 0.109 e. The molecular weight excluding hydrogens is 212 g/mol. The van der Waals surface area contributed by atoms with Gasteiger partial charge < -0.3 is 5.73 Å². The average Bonchev–Trinajstić information content (AvgIpc) is 2.73. The third-order valence-corrected chi connectivity index (χ3v) is 5.85. The van der Waals surface area contributed by atoms with Crippen molar-refractivity contribution in [3.8, 4) is 0 Å². The molecule has 2 heterocycles. The van der Waals surface area contributed by atoms with E-state index in [1.165, 1.54) is 28.5 Å². The molecule has 0 radical (unpaired) electrons. The van der Waals surface area contributed by atoms with Gasteiger partial charge in [-0.05, 0) is 32.4 Å². The molecule has 1 aliphatic heterocycles. The highest BCUT2D eigenvalue weighted by Gasteiger charge is 2.34. The van der Waals surface area contributed by atoms with Crippen LogP contribution < -0.4 is 5.73 Å². The fraction of sp³-hybridized carbons (Fsp3) is 0.700. The molecule has 14 heavy (non-hydrogen) atoms. The van der Waals surface area contributed by atoms with Crippen LogP contribution in [0.4, 0.5) is 0 Å². The van der Waals surface area contributed by atoms with Crippen molar-refractivity contribution in [2.45, 2.75) is 38.0 Å². The SMILES string of the molecule is Cc1nc(C2(C)CCCS2)sc1CN. The van der Waals surface area contributed by atoms with Crippen LogP contribution in [0, 0.1) is 6.92 Å². The molecule has 4 heteroatoms. The maximum absolute atomic E-state index is 5.67. The van der Waals surface area contributed by atoms with Crippen LogP contribution >= 0.6 is 23.1 Å². The molecule has 1 saturated heterocycles. The van der Waals surface area contributed by atoms with Gasteiger partial charge in [0.1, 0.15) is 5.01 Å². The topological polar surface area (TPSA) is 38.9 Å². The molecule has 1 aromatic rings. The Morgan fingerprint density at radius 3 is 2.86 bits per heavy atom. The zero-order valence-corrected chi connectivity index (χ0v) is 10.3. The maximum atomic E-state index is 5.67. The van der Waals surface area contributed by atoms with Gasteiger partial charge in [-0.2, -0.15) is 0 Å². The van der Waals surface area contributed by atoms with Crippen molar-refractivity contribution < 1.29 is 0 Å². The first kappa shape index (κ1) is 10.5. The van der Waals surface area contributed by atoms with Gasteiger partial charge in [-0.1, -0.05) is 0 Å². The number of hydrogen-bond donors (Lipinski definition) is 1. The second kappa shape index (κ2) is 3.83. The van der Waals surface area contributed by atoms with Gasteiger partial charge in [0, 0.05) is 11.4 Å². The number of rotatable bonds is 2. The maximum Gasteiger partial charge on any atom is 0.109 e. The van der Waals surface area contributed by atoms with Gasteiger partial charge in [0.2, 0.25) is 0 Å². The van der Waals surface area contributed by atoms with Crippen molar-refractivity contribution in [1.82, 2.24) is 4.98 Å². The van der Waals surface area contributed by atoms with Crippen LogP contribution in [0.2, 0.25) is 0 Å². The van der Waals surface area contributed by atoms with E-state index in [-0.39, 0.29) is 4.75 Å². The monoisotopic (exact) mass is 228 g/mol. The largest absolute Gasteiger partial charge is 0.326 e. The molecule has 2 N–H and O–H groups in total. The molecule has 0 amide bonds. The quantitative estimate of drug-likeness (QED) is 0.846. The number of thiazole rings is 1. The number of aromatic nitrogens is 1. The van der Waals surface area contributed by atoms with Gasteiger partial charge in [0.25, 0.3) is 0 Å². The van der Waals surface area contributed by atoms with E-state index in [2.05, 4.69) is 18.8 Å². The van der Waals surface area contributed by atoms with Crippen molar-refractivity contribution in [2.24, 2.45) is 5.73 Å². The van der Waals surface area contributed by atoms with E-state index in [4.69, 9.17) is 5.73 Å². The third-order valence-electron chi connectivity index (χ3n) is 2.75. The molecule has 1 fully saturated rings. The van der Waals surface area contributed by atoms with Crippen molar-refractivity contribution in [3.05, 3.63) is 15.6 Å². The van der Waals surface area contributed by atoms with Crippen LogP contribution in [-0.4, -0.2) is 10.7 Å². The highest BCUT2D eigenvalue weighted by molar-refractivity contribution is 8.00. The summed E-state index contributed by atoms with van der Waals surface area (Å²) in [6, 6.07) is 0. The number of hydrogen-bond acceptors (Lipinski definition) is 4. The van der Waals surface area contributed by atoms with Crippen LogP contribution in [0.3, 0.4) is 0 Å². The summed E-state index contributed by atoms with van der Waals surface area (Å²) >= 11 is 3.84. The zero-order chi connectivity index (χ0) is 10.2. The highest BCUT2D eigenvalue weighted by Crippen LogP contribution is 2.47. The van der Waals surface area contributed by atoms with Gasteiger partial charge in [-0.15, -0.1) is 23.1 Å². The Balaban J connectivity index is 2.31. The van der Waals surface area contributed by atoms with Crippen molar-refractivity contribution in [1.29, 1.82) is 0 Å². The lowest BCUT2D eigenvalue weighted by atomic mass is 10.1. The van der Waals surface area contributed by atoms with Crippen LogP contribution in [-0.2, 0) is 11.3 Å². The fourth-order valence-electron chi connectivity index (χ4n) is 1.79. The lowest BCUT2D eigenvalue weighted by Gasteiger charge is -2.18.